The van der Waals surface area contributed by atoms with Crippen molar-refractivity contribution < 1.29 is 9.47 Å². The molecule has 0 fully saturated rings. The van der Waals surface area contributed by atoms with E-state index in [4.69, 9.17) is 9.47 Å². The summed E-state index contributed by atoms with van der Waals surface area (Å²) >= 11 is 0. The van der Waals surface area contributed by atoms with E-state index in [9.17, 15) is 0 Å². The van der Waals surface area contributed by atoms with Crippen LogP contribution >= 0.6 is 0 Å². The maximum atomic E-state index is 5.85. The van der Waals surface area contributed by atoms with Gasteiger partial charge in [0, 0.05) is 0 Å². The van der Waals surface area contributed by atoms with E-state index in [0.29, 0.717) is 12.4 Å². The first-order valence-corrected chi connectivity index (χ1v) is 7.22. The lowest BCUT2D eigenvalue weighted by molar-refractivity contribution is 0.309. The first kappa shape index (κ1) is 15.6. The zero-order valence-electron chi connectivity index (χ0n) is 12.6. The van der Waals surface area contributed by atoms with Crippen LogP contribution in [0.3, 0.4) is 0 Å². The Kier molecular flexibility index (Phi) is 6.06. The third-order valence-electron chi connectivity index (χ3n) is 3.04. The Hall–Kier alpha value is -2.74. The van der Waals surface area contributed by atoms with E-state index >= 15 is 0 Å². The molecule has 2 nitrogen and oxygen atoms in total. The monoisotopic (exact) mass is 292 g/mol. The molecular weight excluding hydrogens is 272 g/mol. The second-order valence-corrected chi connectivity index (χ2v) is 4.63. The molecule has 0 N–H and O–H groups in total. The summed E-state index contributed by atoms with van der Waals surface area (Å²) < 4.78 is 11.5. The highest BCUT2D eigenvalue weighted by Gasteiger charge is 2.06. The van der Waals surface area contributed by atoms with Crippen LogP contribution in [-0.4, -0.2) is 6.61 Å². The van der Waals surface area contributed by atoms with Gasteiger partial charge in [0.1, 0.15) is 0 Å². The minimum atomic E-state index is 0.588. The van der Waals surface area contributed by atoms with Gasteiger partial charge < -0.3 is 9.47 Å². The molecule has 22 heavy (non-hydrogen) atoms. The summed E-state index contributed by atoms with van der Waals surface area (Å²) in [5.41, 5.74) is 0. The molecule has 2 aromatic carbocycles. The van der Waals surface area contributed by atoms with Crippen molar-refractivity contribution in [3.05, 3.63) is 86.2 Å². The average Bonchev–Trinajstić information content (AvgIpc) is 2.55. The Morgan fingerprint density at radius 2 is 1.59 bits per heavy atom. The Morgan fingerprint density at radius 1 is 0.909 bits per heavy atom. The van der Waals surface area contributed by atoms with Crippen molar-refractivity contribution in [3.8, 4) is 11.5 Å². The lowest BCUT2D eigenvalue weighted by atomic mass is 10.1. The Bertz CT molecular complexity index is 696. The topological polar surface area (TPSA) is 18.5 Å². The van der Waals surface area contributed by atoms with Gasteiger partial charge in [-0.15, -0.1) is 0 Å². The van der Waals surface area contributed by atoms with Crippen molar-refractivity contribution >= 4 is 10.8 Å². The molecule has 0 bridgehead atoms. The lowest BCUT2D eigenvalue weighted by Crippen LogP contribution is -1.98. The van der Waals surface area contributed by atoms with Gasteiger partial charge >= 0.3 is 0 Å². The molecule has 2 heteroatoms. The number of allylic oxidation sites excluding steroid dienone is 4. The van der Waals surface area contributed by atoms with Gasteiger partial charge in [-0.3, -0.25) is 0 Å². The van der Waals surface area contributed by atoms with Crippen LogP contribution in [-0.2, 0) is 0 Å². The Morgan fingerprint density at radius 3 is 2.27 bits per heavy atom. The SMILES string of the molecule is C=C/C=C\CCOc1cc2ccccc2cc1O/C=C/C=C. The van der Waals surface area contributed by atoms with E-state index in [1.165, 1.54) is 0 Å². The molecule has 0 unspecified atom stereocenters. The third kappa shape index (κ3) is 4.38. The summed E-state index contributed by atoms with van der Waals surface area (Å²) in [6, 6.07) is 12.1. The van der Waals surface area contributed by atoms with Gasteiger partial charge in [0.05, 0.1) is 12.9 Å². The quantitative estimate of drug-likeness (QED) is 0.367. The van der Waals surface area contributed by atoms with Crippen LogP contribution in [0.4, 0.5) is 0 Å². The second-order valence-electron chi connectivity index (χ2n) is 4.63. The molecule has 0 aliphatic carbocycles. The van der Waals surface area contributed by atoms with Crippen LogP contribution in [0.15, 0.2) is 86.2 Å². The van der Waals surface area contributed by atoms with E-state index < -0.39 is 0 Å². The molecule has 0 heterocycles. The van der Waals surface area contributed by atoms with Gasteiger partial charge in [-0.05, 0) is 35.4 Å². The van der Waals surface area contributed by atoms with E-state index in [0.717, 1.165) is 22.9 Å². The Balaban J connectivity index is 2.21. The molecule has 2 rings (SSSR count). The number of ether oxygens (including phenoxy) is 2. The minimum Gasteiger partial charge on any atom is -0.489 e. The number of rotatable bonds is 8. The van der Waals surface area contributed by atoms with Crippen molar-refractivity contribution in [2.45, 2.75) is 6.42 Å². The molecule has 0 amide bonds. The van der Waals surface area contributed by atoms with Crippen molar-refractivity contribution in [2.75, 3.05) is 6.61 Å². The molecule has 0 aromatic heterocycles. The molecule has 0 saturated carbocycles. The van der Waals surface area contributed by atoms with Crippen LogP contribution in [0.2, 0.25) is 0 Å². The summed E-state index contributed by atoms with van der Waals surface area (Å²) in [6.07, 6.45) is 11.5. The van der Waals surface area contributed by atoms with Gasteiger partial charge in [-0.2, -0.15) is 0 Å². The zero-order chi connectivity index (χ0) is 15.6. The fourth-order valence-electron chi connectivity index (χ4n) is 2.00. The molecular formula is C20H20O2. The third-order valence-corrected chi connectivity index (χ3v) is 3.04. The fourth-order valence-corrected chi connectivity index (χ4v) is 2.00. The van der Waals surface area contributed by atoms with Gasteiger partial charge in [-0.1, -0.05) is 61.7 Å². The number of fused-ring (bicyclic) bond motifs is 1. The molecule has 0 aliphatic heterocycles. The highest BCUT2D eigenvalue weighted by Crippen LogP contribution is 2.33. The molecule has 0 radical (unpaired) electrons. The molecule has 2 aromatic rings. The zero-order valence-corrected chi connectivity index (χ0v) is 12.6. The molecule has 0 spiro atoms. The van der Waals surface area contributed by atoms with Gasteiger partial charge in [0.25, 0.3) is 0 Å². The standard InChI is InChI=1S/C20H20O2/c1-3-5-7-10-14-22-20-16-18-12-9-8-11-17(18)15-19(20)21-13-6-4-2/h3-9,11-13,15-16H,1-2,10,14H2/b7-5-,13-6+. The summed E-state index contributed by atoms with van der Waals surface area (Å²) in [5.74, 6) is 1.43. The highest BCUT2D eigenvalue weighted by atomic mass is 16.5. The predicted molar refractivity (Wildman–Crippen MR) is 93.4 cm³/mol. The number of benzene rings is 2. The van der Waals surface area contributed by atoms with Gasteiger partial charge in [0.15, 0.2) is 11.5 Å². The number of hydrogen-bond acceptors (Lipinski definition) is 2. The minimum absolute atomic E-state index is 0.588. The first-order valence-electron chi connectivity index (χ1n) is 7.22. The average molecular weight is 292 g/mol. The molecule has 0 aliphatic rings. The smallest absolute Gasteiger partial charge is 0.169 e. The first-order chi connectivity index (χ1) is 10.8. The van der Waals surface area contributed by atoms with Crippen molar-refractivity contribution in [1.82, 2.24) is 0 Å². The van der Waals surface area contributed by atoms with E-state index in [-0.39, 0.29) is 0 Å². The van der Waals surface area contributed by atoms with Crippen LogP contribution in [0.25, 0.3) is 10.8 Å². The molecule has 112 valence electrons. The maximum Gasteiger partial charge on any atom is 0.169 e. The van der Waals surface area contributed by atoms with Crippen molar-refractivity contribution in [2.24, 2.45) is 0 Å². The lowest BCUT2D eigenvalue weighted by Gasteiger charge is -2.11. The summed E-state index contributed by atoms with van der Waals surface area (Å²) in [4.78, 5) is 0. The highest BCUT2D eigenvalue weighted by molar-refractivity contribution is 5.86. The second kappa shape index (κ2) is 8.53. The predicted octanol–water partition coefficient (Wildman–Crippen LogP) is 5.43. The van der Waals surface area contributed by atoms with Crippen LogP contribution < -0.4 is 9.47 Å². The summed E-state index contributed by atoms with van der Waals surface area (Å²) in [7, 11) is 0. The van der Waals surface area contributed by atoms with Crippen LogP contribution in [0.5, 0.6) is 11.5 Å². The van der Waals surface area contributed by atoms with Crippen molar-refractivity contribution in [3.63, 3.8) is 0 Å². The van der Waals surface area contributed by atoms with Crippen LogP contribution in [0.1, 0.15) is 6.42 Å². The fraction of sp³-hybridized carbons (Fsp3) is 0.100. The maximum absolute atomic E-state index is 5.85. The summed E-state index contributed by atoms with van der Waals surface area (Å²) in [5, 5.41) is 2.24. The van der Waals surface area contributed by atoms with E-state index in [1.54, 1.807) is 24.5 Å². The normalized spacial score (nSPS) is 11.1. The van der Waals surface area contributed by atoms with Gasteiger partial charge in [-0.25, -0.2) is 0 Å². The van der Waals surface area contributed by atoms with Crippen molar-refractivity contribution in [1.29, 1.82) is 0 Å². The van der Waals surface area contributed by atoms with Gasteiger partial charge in [0.2, 0.25) is 0 Å². The summed E-state index contributed by atoms with van der Waals surface area (Å²) in [6.45, 7) is 7.86. The van der Waals surface area contributed by atoms with E-state index in [2.05, 4.69) is 25.3 Å². The molecule has 0 saturated heterocycles. The molecule has 0 atom stereocenters. The van der Waals surface area contributed by atoms with E-state index in [1.807, 2.05) is 36.4 Å². The van der Waals surface area contributed by atoms with Crippen LogP contribution in [0, 0.1) is 0 Å². The Labute approximate surface area is 131 Å². The number of hydrogen-bond donors (Lipinski definition) is 0. The largest absolute Gasteiger partial charge is 0.489 e.